The van der Waals surface area contributed by atoms with Crippen LogP contribution in [0.5, 0.6) is 0 Å². The van der Waals surface area contributed by atoms with Crippen LogP contribution in [-0.2, 0) is 26.5 Å². The van der Waals surface area contributed by atoms with Crippen molar-refractivity contribution in [3.05, 3.63) is 48.5 Å². The van der Waals surface area contributed by atoms with Gasteiger partial charge in [-0.3, -0.25) is 9.48 Å². The van der Waals surface area contributed by atoms with Gasteiger partial charge < -0.3 is 11.1 Å². The Balaban J connectivity index is 1.54. The largest absolute Gasteiger partial charge is 0.419 e. The molecule has 1 amide bonds. The molecule has 1 fully saturated rings. The number of primary amides is 1. The lowest BCUT2D eigenvalue weighted by atomic mass is 10.1. The van der Waals surface area contributed by atoms with E-state index in [0.717, 1.165) is 0 Å². The van der Waals surface area contributed by atoms with Crippen molar-refractivity contribution in [1.82, 2.24) is 29.0 Å². The fourth-order valence-electron chi connectivity index (χ4n) is 3.80. The van der Waals surface area contributed by atoms with Crippen molar-refractivity contribution < 1.29 is 26.4 Å². The Hall–Kier alpha value is -3.59. The number of rotatable bonds is 7. The molecular weight excluding hydrogens is 513 g/mol. The highest BCUT2D eigenvalue weighted by atomic mass is 32.2. The number of aromatic nitrogens is 5. The van der Waals surface area contributed by atoms with E-state index in [4.69, 9.17) is 5.73 Å². The molecule has 4 rings (SSSR count). The number of nitrogens with zero attached hydrogens (tertiary/aromatic N) is 6. The lowest BCUT2D eigenvalue weighted by molar-refractivity contribution is -0.137. The van der Waals surface area contributed by atoms with E-state index in [9.17, 15) is 26.4 Å². The quantitative estimate of drug-likeness (QED) is 0.465. The Labute approximate surface area is 211 Å². The van der Waals surface area contributed by atoms with Crippen LogP contribution in [0.15, 0.2) is 48.0 Å². The summed E-state index contributed by atoms with van der Waals surface area (Å²) in [6.07, 6.45) is 0.564. The van der Waals surface area contributed by atoms with Gasteiger partial charge in [0.2, 0.25) is 11.9 Å². The number of alkyl halides is 3. The Bertz CT molecular complexity index is 1390. The summed E-state index contributed by atoms with van der Waals surface area (Å²) in [5, 5.41) is 6.97. The molecule has 3 aromatic heterocycles. The Morgan fingerprint density at radius 2 is 1.84 bits per heavy atom. The number of anilines is 1. The third-order valence-corrected chi connectivity index (χ3v) is 7.97. The van der Waals surface area contributed by atoms with E-state index in [0.29, 0.717) is 19.0 Å². The lowest BCUT2D eigenvalue weighted by Gasteiger charge is -2.31. The normalized spacial score (nSPS) is 16.0. The number of sulfonamides is 1. The van der Waals surface area contributed by atoms with Gasteiger partial charge >= 0.3 is 6.18 Å². The first kappa shape index (κ1) is 26.5. The molecule has 0 saturated carbocycles. The molecule has 0 atom stereocenters. The molecule has 198 valence electrons. The molecule has 37 heavy (non-hydrogen) atoms. The summed E-state index contributed by atoms with van der Waals surface area (Å²) < 4.78 is 69.2. The van der Waals surface area contributed by atoms with Crippen molar-refractivity contribution in [2.24, 2.45) is 5.73 Å². The minimum atomic E-state index is -4.74. The molecule has 11 nitrogen and oxygen atoms in total. The number of nitrogens with two attached hydrogens (primary N) is 1. The predicted molar refractivity (Wildman–Crippen MR) is 126 cm³/mol. The molecule has 3 N–H and O–H groups in total. The molecule has 1 saturated heterocycles. The minimum Gasteiger partial charge on any atom is -0.368 e. The Morgan fingerprint density at radius 3 is 2.43 bits per heavy atom. The second kappa shape index (κ2) is 9.70. The van der Waals surface area contributed by atoms with Crippen LogP contribution in [0.25, 0.3) is 11.3 Å². The van der Waals surface area contributed by atoms with Gasteiger partial charge in [-0.05, 0) is 38.8 Å². The van der Waals surface area contributed by atoms with E-state index in [-0.39, 0.29) is 35.7 Å². The topological polar surface area (TPSA) is 149 Å². The first-order valence-corrected chi connectivity index (χ1v) is 12.7. The maximum absolute atomic E-state index is 13.7. The first-order valence-electron chi connectivity index (χ1n) is 11.3. The molecule has 0 spiro atoms. The Morgan fingerprint density at radius 1 is 1.14 bits per heavy atom. The van der Waals surface area contributed by atoms with E-state index in [1.807, 2.05) is 0 Å². The zero-order valence-electron chi connectivity index (χ0n) is 20.0. The number of pyridine rings is 1. The van der Waals surface area contributed by atoms with Gasteiger partial charge in [-0.1, -0.05) is 6.07 Å². The fraction of sp³-hybridized carbons (Fsp3) is 0.409. The van der Waals surface area contributed by atoms with Crippen LogP contribution in [-0.4, -0.2) is 62.5 Å². The molecule has 3 aromatic rings. The Kier molecular flexibility index (Phi) is 6.94. The van der Waals surface area contributed by atoms with Gasteiger partial charge in [-0.15, -0.1) is 0 Å². The molecule has 1 aliphatic heterocycles. The number of hydrogen-bond donors (Lipinski definition) is 2. The summed E-state index contributed by atoms with van der Waals surface area (Å²) >= 11 is 0. The second-order valence-corrected chi connectivity index (χ2v) is 10.9. The highest BCUT2D eigenvalue weighted by Gasteiger charge is 2.37. The molecule has 0 radical (unpaired) electrons. The summed E-state index contributed by atoms with van der Waals surface area (Å²) in [5.41, 5.74) is 2.67. The SMILES string of the molecule is CC(C)(C(N)=O)n1cc(-c2nc(NC3CCN(S(=O)(=O)c4ccccn4)CC3)ncc2C(F)(F)F)cn1. The van der Waals surface area contributed by atoms with Gasteiger partial charge in [0.15, 0.2) is 5.03 Å². The van der Waals surface area contributed by atoms with Gasteiger partial charge in [0, 0.05) is 43.3 Å². The number of halogens is 3. The van der Waals surface area contributed by atoms with E-state index in [1.165, 1.54) is 47.5 Å². The molecular formula is C22H25F3N8O3S. The van der Waals surface area contributed by atoms with E-state index < -0.39 is 38.9 Å². The second-order valence-electron chi connectivity index (χ2n) is 9.04. The molecule has 0 unspecified atom stereocenters. The predicted octanol–water partition coefficient (Wildman–Crippen LogP) is 2.24. The first-order chi connectivity index (χ1) is 17.3. The maximum atomic E-state index is 13.7. The van der Waals surface area contributed by atoms with Crippen molar-refractivity contribution in [3.8, 4) is 11.3 Å². The van der Waals surface area contributed by atoms with Gasteiger partial charge in [-0.2, -0.15) is 22.6 Å². The molecule has 0 aliphatic carbocycles. The summed E-state index contributed by atoms with van der Waals surface area (Å²) in [4.78, 5) is 23.6. The van der Waals surface area contributed by atoms with Crippen LogP contribution >= 0.6 is 0 Å². The van der Waals surface area contributed by atoms with E-state index in [2.05, 4.69) is 25.4 Å². The van der Waals surface area contributed by atoms with Gasteiger partial charge in [0.25, 0.3) is 10.0 Å². The lowest BCUT2D eigenvalue weighted by Crippen LogP contribution is -2.42. The van der Waals surface area contributed by atoms with Crippen molar-refractivity contribution in [2.45, 2.75) is 49.5 Å². The minimum absolute atomic E-state index is 0.0309. The number of nitrogens with one attached hydrogen (secondary N) is 1. The summed E-state index contributed by atoms with van der Waals surface area (Å²) in [7, 11) is -3.74. The van der Waals surface area contributed by atoms with Gasteiger partial charge in [-0.25, -0.2) is 23.4 Å². The zero-order valence-corrected chi connectivity index (χ0v) is 20.8. The van der Waals surface area contributed by atoms with Crippen LogP contribution in [0.2, 0.25) is 0 Å². The molecule has 1 aliphatic rings. The van der Waals surface area contributed by atoms with Crippen molar-refractivity contribution in [1.29, 1.82) is 0 Å². The molecule has 4 heterocycles. The number of hydrogen-bond acceptors (Lipinski definition) is 8. The molecule has 0 bridgehead atoms. The monoisotopic (exact) mass is 538 g/mol. The molecule has 15 heteroatoms. The third-order valence-electron chi connectivity index (χ3n) is 6.16. The summed E-state index contributed by atoms with van der Waals surface area (Å²) in [6, 6.07) is 4.36. The number of carbonyl (C=O) groups is 1. The molecule has 0 aromatic carbocycles. The summed E-state index contributed by atoms with van der Waals surface area (Å²) in [5.74, 6) is -0.754. The van der Waals surface area contributed by atoms with Crippen molar-refractivity contribution in [3.63, 3.8) is 0 Å². The third kappa shape index (κ3) is 5.41. The highest BCUT2D eigenvalue weighted by Crippen LogP contribution is 2.36. The van der Waals surface area contributed by atoms with Crippen LogP contribution in [0.3, 0.4) is 0 Å². The average molecular weight is 539 g/mol. The standard InChI is InChI=1S/C22H25F3N8O3S/c1-21(2,19(26)34)33-13-14(11-29-33)18-16(22(23,24)25)12-28-20(31-18)30-15-6-9-32(10-7-15)37(35,36)17-5-3-4-8-27-17/h3-5,8,11-13,15H,6-7,9-10H2,1-2H3,(H2,26,34)(H,28,30,31). The smallest absolute Gasteiger partial charge is 0.368 e. The van der Waals surface area contributed by atoms with E-state index >= 15 is 0 Å². The van der Waals surface area contributed by atoms with Gasteiger partial charge in [0.1, 0.15) is 11.1 Å². The van der Waals surface area contributed by atoms with Crippen LogP contribution in [0.4, 0.5) is 19.1 Å². The fourth-order valence-corrected chi connectivity index (χ4v) is 5.20. The van der Waals surface area contributed by atoms with Crippen molar-refractivity contribution in [2.75, 3.05) is 18.4 Å². The maximum Gasteiger partial charge on any atom is 0.419 e. The highest BCUT2D eigenvalue weighted by molar-refractivity contribution is 7.89. The number of piperidine rings is 1. The number of carbonyl (C=O) groups excluding carboxylic acids is 1. The average Bonchev–Trinajstić information content (AvgIpc) is 3.35. The summed E-state index contributed by atoms with van der Waals surface area (Å²) in [6.45, 7) is 3.37. The van der Waals surface area contributed by atoms with Crippen LogP contribution in [0.1, 0.15) is 32.3 Å². The van der Waals surface area contributed by atoms with Crippen molar-refractivity contribution >= 4 is 21.9 Å². The number of amides is 1. The van der Waals surface area contributed by atoms with Crippen LogP contribution in [0, 0.1) is 0 Å². The van der Waals surface area contributed by atoms with Crippen LogP contribution < -0.4 is 11.1 Å². The van der Waals surface area contributed by atoms with Gasteiger partial charge in [0.05, 0.1) is 11.9 Å². The zero-order chi connectivity index (χ0) is 27.0. The van der Waals surface area contributed by atoms with E-state index in [1.54, 1.807) is 12.1 Å².